The first kappa shape index (κ1) is 13.9. The van der Waals surface area contributed by atoms with Crippen molar-refractivity contribution in [3.8, 4) is 0 Å². The first-order valence-corrected chi connectivity index (χ1v) is 6.62. The molecule has 1 aromatic heterocycles. The zero-order valence-electron chi connectivity index (χ0n) is 9.94. The standard InChI is InChI=1S/C12H10BrClN2O3/c1-2-18-11(17)10-6-19-12(16-10)15-9-4-3-7(14)5-8(9)13/h3-6H,2H2,1H3,(H,15,16). The van der Waals surface area contributed by atoms with E-state index < -0.39 is 5.97 Å². The van der Waals surface area contributed by atoms with Crippen molar-refractivity contribution >= 4 is 45.2 Å². The third-order valence-corrected chi connectivity index (χ3v) is 3.05. The van der Waals surface area contributed by atoms with Crippen molar-refractivity contribution in [1.82, 2.24) is 4.98 Å². The van der Waals surface area contributed by atoms with Crippen LogP contribution in [0.3, 0.4) is 0 Å². The molecule has 1 N–H and O–H groups in total. The molecule has 0 saturated carbocycles. The fourth-order valence-corrected chi connectivity index (χ4v) is 2.12. The molecule has 0 atom stereocenters. The van der Waals surface area contributed by atoms with Gasteiger partial charge in [0, 0.05) is 9.50 Å². The number of benzene rings is 1. The third kappa shape index (κ3) is 3.48. The molecule has 0 saturated heterocycles. The Bertz CT molecular complexity index is 600. The number of carbonyl (C=O) groups is 1. The maximum Gasteiger partial charge on any atom is 0.360 e. The Morgan fingerprint density at radius 2 is 2.37 bits per heavy atom. The summed E-state index contributed by atoms with van der Waals surface area (Å²) in [6.45, 7) is 2.01. The van der Waals surface area contributed by atoms with E-state index in [4.69, 9.17) is 20.8 Å². The predicted molar refractivity (Wildman–Crippen MR) is 74.9 cm³/mol. The van der Waals surface area contributed by atoms with E-state index in [0.717, 1.165) is 10.2 Å². The molecule has 2 aromatic rings. The third-order valence-electron chi connectivity index (χ3n) is 2.16. The van der Waals surface area contributed by atoms with Crippen LogP contribution in [0.4, 0.5) is 11.7 Å². The molecular formula is C12H10BrClN2O3. The highest BCUT2D eigenvalue weighted by atomic mass is 79.9. The van der Waals surface area contributed by atoms with Crippen molar-refractivity contribution in [2.24, 2.45) is 0 Å². The SMILES string of the molecule is CCOC(=O)c1coc(Nc2ccc(Cl)cc2Br)n1. The summed E-state index contributed by atoms with van der Waals surface area (Å²) in [5.74, 6) is -0.519. The molecule has 0 bridgehead atoms. The number of esters is 1. The average Bonchev–Trinajstić information content (AvgIpc) is 2.82. The van der Waals surface area contributed by atoms with Gasteiger partial charge in [-0.3, -0.25) is 0 Å². The minimum absolute atomic E-state index is 0.120. The van der Waals surface area contributed by atoms with Gasteiger partial charge in [0.25, 0.3) is 6.01 Å². The van der Waals surface area contributed by atoms with Crippen LogP contribution in [-0.2, 0) is 4.74 Å². The lowest BCUT2D eigenvalue weighted by molar-refractivity contribution is 0.0519. The number of anilines is 2. The van der Waals surface area contributed by atoms with Crippen LogP contribution in [0.5, 0.6) is 0 Å². The molecule has 1 heterocycles. The largest absolute Gasteiger partial charge is 0.461 e. The Labute approximate surface area is 123 Å². The Hall–Kier alpha value is -1.53. The molecule has 0 aliphatic rings. The van der Waals surface area contributed by atoms with E-state index in [1.54, 1.807) is 25.1 Å². The number of halogens is 2. The second-order valence-electron chi connectivity index (χ2n) is 3.51. The van der Waals surface area contributed by atoms with E-state index in [0.29, 0.717) is 5.02 Å². The van der Waals surface area contributed by atoms with Crippen molar-refractivity contribution < 1.29 is 13.9 Å². The van der Waals surface area contributed by atoms with Crippen LogP contribution < -0.4 is 5.32 Å². The topological polar surface area (TPSA) is 64.4 Å². The smallest absolute Gasteiger partial charge is 0.360 e. The first-order valence-electron chi connectivity index (χ1n) is 5.45. The van der Waals surface area contributed by atoms with Gasteiger partial charge in [0.2, 0.25) is 0 Å². The van der Waals surface area contributed by atoms with Gasteiger partial charge in [0.1, 0.15) is 6.26 Å². The molecular weight excluding hydrogens is 335 g/mol. The molecule has 0 radical (unpaired) electrons. The summed E-state index contributed by atoms with van der Waals surface area (Å²) in [6, 6.07) is 5.43. The number of hydrogen-bond acceptors (Lipinski definition) is 5. The maximum absolute atomic E-state index is 11.4. The van der Waals surface area contributed by atoms with Crippen LogP contribution in [0.15, 0.2) is 33.4 Å². The number of nitrogens with one attached hydrogen (secondary N) is 1. The highest BCUT2D eigenvalue weighted by Crippen LogP contribution is 2.28. The van der Waals surface area contributed by atoms with Gasteiger partial charge in [-0.05, 0) is 41.1 Å². The van der Waals surface area contributed by atoms with Gasteiger partial charge >= 0.3 is 5.97 Å². The van der Waals surface area contributed by atoms with Crippen LogP contribution in [0.1, 0.15) is 17.4 Å². The molecule has 5 nitrogen and oxygen atoms in total. The zero-order valence-corrected chi connectivity index (χ0v) is 12.3. The Kier molecular flexibility index (Phi) is 4.44. The van der Waals surface area contributed by atoms with Gasteiger partial charge in [-0.2, -0.15) is 4.98 Å². The van der Waals surface area contributed by atoms with Crippen molar-refractivity contribution in [1.29, 1.82) is 0 Å². The maximum atomic E-state index is 11.4. The van der Waals surface area contributed by atoms with E-state index in [-0.39, 0.29) is 18.3 Å². The summed E-state index contributed by atoms with van der Waals surface area (Å²) in [5, 5.41) is 3.53. The summed E-state index contributed by atoms with van der Waals surface area (Å²) >= 11 is 9.20. The lowest BCUT2D eigenvalue weighted by Crippen LogP contribution is -2.05. The zero-order chi connectivity index (χ0) is 13.8. The molecule has 100 valence electrons. The Morgan fingerprint density at radius 1 is 1.58 bits per heavy atom. The molecule has 0 fully saturated rings. The molecule has 7 heteroatoms. The number of ether oxygens (including phenoxy) is 1. The fraction of sp³-hybridized carbons (Fsp3) is 0.167. The van der Waals surface area contributed by atoms with E-state index in [9.17, 15) is 4.79 Å². The van der Waals surface area contributed by atoms with Crippen LogP contribution >= 0.6 is 27.5 Å². The van der Waals surface area contributed by atoms with Gasteiger partial charge in [0.05, 0.1) is 12.3 Å². The van der Waals surface area contributed by atoms with E-state index >= 15 is 0 Å². The number of oxazole rings is 1. The second-order valence-corrected chi connectivity index (χ2v) is 4.80. The van der Waals surface area contributed by atoms with Gasteiger partial charge in [-0.25, -0.2) is 4.79 Å². The van der Waals surface area contributed by atoms with Gasteiger partial charge < -0.3 is 14.5 Å². The number of aromatic nitrogens is 1. The van der Waals surface area contributed by atoms with Crippen molar-refractivity contribution in [2.75, 3.05) is 11.9 Å². The summed E-state index contributed by atoms with van der Waals surface area (Å²) in [5.41, 5.74) is 0.844. The molecule has 0 aliphatic heterocycles. The van der Waals surface area contributed by atoms with Crippen molar-refractivity contribution in [2.45, 2.75) is 6.92 Å². The molecule has 2 rings (SSSR count). The quantitative estimate of drug-likeness (QED) is 0.848. The first-order chi connectivity index (χ1) is 9.10. The molecule has 0 spiro atoms. The van der Waals surface area contributed by atoms with Crippen LogP contribution in [0.25, 0.3) is 0 Å². The highest BCUT2D eigenvalue weighted by molar-refractivity contribution is 9.10. The number of nitrogens with zero attached hydrogens (tertiary/aromatic N) is 1. The molecule has 0 aliphatic carbocycles. The Balaban J connectivity index is 2.13. The summed E-state index contributed by atoms with van der Waals surface area (Å²) in [6.07, 6.45) is 1.24. The van der Waals surface area contributed by atoms with E-state index in [1.807, 2.05) is 0 Å². The van der Waals surface area contributed by atoms with Crippen molar-refractivity contribution in [3.05, 3.63) is 39.7 Å². The van der Waals surface area contributed by atoms with E-state index in [2.05, 4.69) is 26.2 Å². The Morgan fingerprint density at radius 3 is 3.05 bits per heavy atom. The number of hydrogen-bond donors (Lipinski definition) is 1. The van der Waals surface area contributed by atoms with Gasteiger partial charge in [-0.1, -0.05) is 11.6 Å². The monoisotopic (exact) mass is 344 g/mol. The van der Waals surface area contributed by atoms with Crippen LogP contribution in [0.2, 0.25) is 5.02 Å². The molecule has 0 amide bonds. The minimum Gasteiger partial charge on any atom is -0.461 e. The lowest BCUT2D eigenvalue weighted by Gasteiger charge is -2.04. The summed E-state index contributed by atoms with van der Waals surface area (Å²) in [4.78, 5) is 15.4. The van der Waals surface area contributed by atoms with Gasteiger partial charge in [-0.15, -0.1) is 0 Å². The minimum atomic E-state index is -0.519. The summed E-state index contributed by atoms with van der Waals surface area (Å²) in [7, 11) is 0. The second kappa shape index (κ2) is 6.08. The van der Waals surface area contributed by atoms with Gasteiger partial charge in [0.15, 0.2) is 5.69 Å². The lowest BCUT2D eigenvalue weighted by atomic mass is 10.3. The normalized spacial score (nSPS) is 10.3. The molecule has 1 aromatic carbocycles. The van der Waals surface area contributed by atoms with Crippen LogP contribution in [0, 0.1) is 0 Å². The predicted octanol–water partition coefficient (Wildman–Crippen LogP) is 4.01. The average molecular weight is 346 g/mol. The van der Waals surface area contributed by atoms with E-state index in [1.165, 1.54) is 6.26 Å². The summed E-state index contributed by atoms with van der Waals surface area (Å²) < 4.78 is 10.7. The number of carbonyl (C=O) groups excluding carboxylic acids is 1. The highest BCUT2D eigenvalue weighted by Gasteiger charge is 2.13. The fourth-order valence-electron chi connectivity index (χ4n) is 1.34. The van der Waals surface area contributed by atoms with Crippen molar-refractivity contribution in [3.63, 3.8) is 0 Å². The van der Waals surface area contributed by atoms with Crippen LogP contribution in [-0.4, -0.2) is 17.6 Å². The molecule has 0 unspecified atom stereocenters. The number of rotatable bonds is 4. The molecule has 19 heavy (non-hydrogen) atoms.